The van der Waals surface area contributed by atoms with Crippen LogP contribution >= 0.6 is 0 Å². The zero-order valence-electron chi connectivity index (χ0n) is 10.9. The maximum absolute atomic E-state index is 10.6. The first-order chi connectivity index (χ1) is 9.07. The predicted octanol–water partition coefficient (Wildman–Crippen LogP) is 0.574. The van der Waals surface area contributed by atoms with E-state index in [9.17, 15) is 18.0 Å². The van der Waals surface area contributed by atoms with Gasteiger partial charge in [-0.2, -0.15) is 8.42 Å². The van der Waals surface area contributed by atoms with E-state index in [1.165, 1.54) is 26.2 Å². The van der Waals surface area contributed by atoms with Crippen LogP contribution in [0.2, 0.25) is 0 Å². The first-order valence-corrected chi connectivity index (χ1v) is 6.64. The maximum atomic E-state index is 10.6. The summed E-state index contributed by atoms with van der Waals surface area (Å²) in [6, 6.07) is 3.72. The molecule has 0 fully saturated rings. The molecule has 0 radical (unpaired) electrons. The van der Waals surface area contributed by atoms with Crippen molar-refractivity contribution in [1.29, 1.82) is 0 Å². The van der Waals surface area contributed by atoms with Crippen molar-refractivity contribution in [3.8, 4) is 5.75 Å². The van der Waals surface area contributed by atoms with Crippen molar-refractivity contribution in [3.05, 3.63) is 18.2 Å². The first kappa shape index (κ1) is 17.9. The number of methoxy groups -OCH3 is 1. The molecule has 0 saturated heterocycles. The summed E-state index contributed by atoms with van der Waals surface area (Å²) in [5.74, 6) is -1.01. The van der Waals surface area contributed by atoms with Crippen LogP contribution in [0, 0.1) is 0 Å². The Labute approximate surface area is 115 Å². The van der Waals surface area contributed by atoms with Crippen LogP contribution in [0.4, 0.5) is 5.69 Å². The predicted molar refractivity (Wildman–Crippen MR) is 70.2 cm³/mol. The summed E-state index contributed by atoms with van der Waals surface area (Å²) in [6.07, 6.45) is -0.361. The van der Waals surface area contributed by atoms with Crippen LogP contribution < -0.4 is 10.5 Å². The highest BCUT2D eigenvalue weighted by atomic mass is 32.2. The van der Waals surface area contributed by atoms with E-state index in [1.54, 1.807) is 0 Å². The van der Waals surface area contributed by atoms with Crippen LogP contribution in [-0.2, 0) is 19.7 Å². The lowest BCUT2D eigenvalue weighted by Gasteiger charge is -2.04. The third-order valence-electron chi connectivity index (χ3n) is 1.90. The molecular weight excluding hydrogens is 290 g/mol. The molecule has 1 aromatic rings. The number of nitrogens with two attached hydrogens (primary N) is 1. The van der Waals surface area contributed by atoms with Gasteiger partial charge in [-0.25, -0.2) is 0 Å². The maximum Gasteiger partial charge on any atom is 0.310 e. The van der Waals surface area contributed by atoms with E-state index >= 15 is 0 Å². The number of carbonyl (C=O) groups excluding carboxylic acids is 1. The molecule has 9 heteroatoms. The molecule has 112 valence electrons. The summed E-state index contributed by atoms with van der Waals surface area (Å²) in [4.78, 5) is 19.2. The Morgan fingerprint density at radius 2 is 1.90 bits per heavy atom. The molecule has 0 aliphatic rings. The molecule has 20 heavy (non-hydrogen) atoms. The van der Waals surface area contributed by atoms with Crippen molar-refractivity contribution in [2.75, 3.05) is 12.8 Å². The first-order valence-electron chi connectivity index (χ1n) is 5.20. The lowest BCUT2D eigenvalue weighted by atomic mass is 10.3. The average molecular weight is 305 g/mol. The van der Waals surface area contributed by atoms with Gasteiger partial charge < -0.3 is 15.6 Å². The van der Waals surface area contributed by atoms with Crippen LogP contribution in [0.25, 0.3) is 0 Å². The van der Waals surface area contributed by atoms with E-state index in [1.807, 2.05) is 0 Å². The van der Waals surface area contributed by atoms with Gasteiger partial charge in [0.25, 0.3) is 10.1 Å². The number of hydrogen-bond donors (Lipinski definition) is 3. The van der Waals surface area contributed by atoms with Gasteiger partial charge in [0.15, 0.2) is 0 Å². The number of rotatable bonds is 4. The Kier molecular flexibility index (Phi) is 6.66. The Hall–Kier alpha value is -2.13. The second-order valence-electron chi connectivity index (χ2n) is 3.65. The van der Waals surface area contributed by atoms with E-state index < -0.39 is 16.1 Å². The fourth-order valence-corrected chi connectivity index (χ4v) is 1.60. The third kappa shape index (κ3) is 6.71. The molecule has 0 saturated carbocycles. The van der Waals surface area contributed by atoms with Crippen LogP contribution in [-0.4, -0.2) is 36.9 Å². The van der Waals surface area contributed by atoms with Crippen LogP contribution in [0.15, 0.2) is 23.1 Å². The van der Waals surface area contributed by atoms with Gasteiger partial charge in [0.2, 0.25) is 0 Å². The molecule has 0 aliphatic heterocycles. The lowest BCUT2D eigenvalue weighted by Crippen LogP contribution is -2.00. The fraction of sp³-hybridized carbons (Fsp3) is 0.273. The van der Waals surface area contributed by atoms with E-state index in [-0.39, 0.29) is 22.8 Å². The van der Waals surface area contributed by atoms with Gasteiger partial charge in [-0.05, 0) is 25.1 Å². The minimum absolute atomic E-state index is 0.164. The number of Topliss-reactive ketones (excluding diaryl/α,β-unsaturated/α-hetero) is 1. The van der Waals surface area contributed by atoms with Gasteiger partial charge in [0, 0.05) is 0 Å². The SMILES string of the molecule is CC(=O)CC(=O)O.COc1ccc(S(=O)(=O)O)cc1N. The highest BCUT2D eigenvalue weighted by molar-refractivity contribution is 7.85. The molecular formula is C11H15NO7S. The van der Waals surface area contributed by atoms with Gasteiger partial charge in [-0.1, -0.05) is 0 Å². The number of carboxylic acid groups (broad SMARTS) is 1. The summed E-state index contributed by atoms with van der Waals surface area (Å²) in [5.41, 5.74) is 5.59. The van der Waals surface area contributed by atoms with E-state index in [0.717, 1.165) is 6.07 Å². The highest BCUT2D eigenvalue weighted by Gasteiger charge is 2.11. The van der Waals surface area contributed by atoms with Gasteiger partial charge in [0.1, 0.15) is 18.0 Å². The average Bonchev–Trinajstić information content (AvgIpc) is 2.26. The van der Waals surface area contributed by atoms with Crippen molar-refractivity contribution in [3.63, 3.8) is 0 Å². The number of ketones is 1. The summed E-state index contributed by atoms with van der Waals surface area (Å²) in [6.45, 7) is 1.24. The minimum Gasteiger partial charge on any atom is -0.495 e. The van der Waals surface area contributed by atoms with Crippen LogP contribution in [0.1, 0.15) is 13.3 Å². The second-order valence-corrected chi connectivity index (χ2v) is 5.07. The normalized spacial score (nSPS) is 10.2. The van der Waals surface area contributed by atoms with Crippen molar-refractivity contribution < 1.29 is 32.4 Å². The van der Waals surface area contributed by atoms with Crippen molar-refractivity contribution in [1.82, 2.24) is 0 Å². The summed E-state index contributed by atoms with van der Waals surface area (Å²) >= 11 is 0. The van der Waals surface area contributed by atoms with E-state index in [2.05, 4.69) is 0 Å². The fourth-order valence-electron chi connectivity index (χ4n) is 1.09. The molecule has 0 aromatic heterocycles. The standard InChI is InChI=1S/C7H9NO4S.C4H6O3/c1-12-7-3-2-5(4-6(7)8)13(9,10)11;1-3(5)2-4(6)7/h2-4H,8H2,1H3,(H,9,10,11);2H2,1H3,(H,6,7). The second kappa shape index (κ2) is 7.46. The number of anilines is 1. The number of carboxylic acids is 1. The summed E-state index contributed by atoms with van der Waals surface area (Å²) in [5, 5.41) is 7.86. The molecule has 0 bridgehead atoms. The summed E-state index contributed by atoms with van der Waals surface area (Å²) in [7, 11) is -2.77. The Balaban J connectivity index is 0.000000441. The number of aliphatic carboxylic acids is 1. The molecule has 0 atom stereocenters. The topological polar surface area (TPSA) is 144 Å². The molecule has 8 nitrogen and oxygen atoms in total. The number of benzene rings is 1. The molecule has 0 unspecified atom stereocenters. The number of ether oxygens (including phenoxy) is 1. The smallest absolute Gasteiger partial charge is 0.310 e. The van der Waals surface area contributed by atoms with E-state index in [0.29, 0.717) is 5.75 Å². The molecule has 1 rings (SSSR count). The van der Waals surface area contributed by atoms with Crippen molar-refractivity contribution in [2.45, 2.75) is 18.2 Å². The van der Waals surface area contributed by atoms with Crippen LogP contribution in [0.5, 0.6) is 5.75 Å². The lowest BCUT2D eigenvalue weighted by molar-refractivity contribution is -0.139. The Bertz CT molecular complexity index is 583. The molecule has 0 aliphatic carbocycles. The van der Waals surface area contributed by atoms with Gasteiger partial charge >= 0.3 is 5.97 Å². The number of hydrogen-bond acceptors (Lipinski definition) is 6. The van der Waals surface area contributed by atoms with Gasteiger partial charge in [-0.15, -0.1) is 0 Å². The number of nitrogen functional groups attached to an aromatic ring is 1. The number of carbonyl (C=O) groups is 2. The quantitative estimate of drug-likeness (QED) is 0.416. The van der Waals surface area contributed by atoms with Gasteiger partial charge in [-0.3, -0.25) is 14.1 Å². The monoisotopic (exact) mass is 305 g/mol. The largest absolute Gasteiger partial charge is 0.495 e. The van der Waals surface area contributed by atoms with Crippen molar-refractivity contribution in [2.24, 2.45) is 0 Å². The molecule has 1 aromatic carbocycles. The van der Waals surface area contributed by atoms with Crippen LogP contribution in [0.3, 0.4) is 0 Å². The summed E-state index contributed by atoms with van der Waals surface area (Å²) < 4.78 is 34.8. The molecule has 4 N–H and O–H groups in total. The molecule has 0 spiro atoms. The van der Waals surface area contributed by atoms with Gasteiger partial charge in [0.05, 0.1) is 17.7 Å². The Morgan fingerprint density at radius 1 is 1.35 bits per heavy atom. The Morgan fingerprint density at radius 3 is 2.15 bits per heavy atom. The highest BCUT2D eigenvalue weighted by Crippen LogP contribution is 2.23. The minimum atomic E-state index is -4.19. The molecule has 0 amide bonds. The zero-order chi connectivity index (χ0) is 15.9. The van der Waals surface area contributed by atoms with E-state index in [4.69, 9.17) is 20.1 Å². The third-order valence-corrected chi connectivity index (χ3v) is 2.75. The zero-order valence-corrected chi connectivity index (χ0v) is 11.7. The molecule has 0 heterocycles. The van der Waals surface area contributed by atoms with Crippen molar-refractivity contribution >= 4 is 27.6 Å².